The van der Waals surface area contributed by atoms with E-state index in [1.54, 1.807) is 132 Å². The molecule has 752 valence electrons. The van der Waals surface area contributed by atoms with Crippen LogP contribution in [0.15, 0.2) is 340 Å². The monoisotopic (exact) mass is 2010 g/mol. The van der Waals surface area contributed by atoms with Gasteiger partial charge < -0.3 is 64.8 Å². The molecule has 31 heteroatoms. The van der Waals surface area contributed by atoms with Gasteiger partial charge >= 0.3 is 5.97 Å². The normalized spacial score (nSPS) is 11.3. The van der Waals surface area contributed by atoms with E-state index >= 15 is 0 Å². The number of aryl methyl sites for hydroxylation is 5. The van der Waals surface area contributed by atoms with Gasteiger partial charge in [-0.1, -0.05) is 227 Å². The Bertz CT molecular complexity index is 7050. The van der Waals surface area contributed by atoms with Crippen molar-refractivity contribution in [2.75, 3.05) is 34.8 Å². The number of hydrogen-bond donors (Lipinski definition) is 12. The predicted molar refractivity (Wildman–Crippen MR) is 583 cm³/mol. The molecule has 4 heterocycles. The van der Waals surface area contributed by atoms with E-state index in [-0.39, 0.29) is 41.5 Å². The Hall–Kier alpha value is -15.9. The Morgan fingerprint density at radius 3 is 0.952 bits per heavy atom. The predicted octanol–water partition coefficient (Wildman–Crippen LogP) is 21.4. The minimum Gasteiger partial charge on any atom is -0.477 e. The molecule has 146 heavy (non-hydrogen) atoms. The number of nitriles is 3. The van der Waals surface area contributed by atoms with E-state index in [2.05, 4.69) is 164 Å². The number of hydrogen-bond acceptors (Lipinski definition) is 20. The number of unbranched alkanes of at least 4 members (excludes halogenated alkanes) is 2. The van der Waals surface area contributed by atoms with Gasteiger partial charge in [0.05, 0.1) is 92.5 Å². The van der Waals surface area contributed by atoms with Crippen molar-refractivity contribution in [2.45, 2.75) is 144 Å². The molecule has 16 rings (SSSR count). The second-order valence-electron chi connectivity index (χ2n) is 34.6. The van der Waals surface area contributed by atoms with Gasteiger partial charge in [0.1, 0.15) is 29.3 Å². The van der Waals surface area contributed by atoms with Crippen LogP contribution in [0, 0.1) is 61.7 Å². The van der Waals surface area contributed by atoms with Crippen molar-refractivity contribution in [2.24, 2.45) is 17.2 Å². The largest absolute Gasteiger partial charge is 0.477 e. The summed E-state index contributed by atoms with van der Waals surface area (Å²) in [6, 6.07) is 113. The van der Waals surface area contributed by atoms with E-state index in [9.17, 15) is 34.7 Å². The lowest BCUT2D eigenvalue weighted by molar-refractivity contribution is 0.0686. The molecule has 12 aromatic carbocycles. The van der Waals surface area contributed by atoms with E-state index in [0.717, 1.165) is 82.8 Å². The van der Waals surface area contributed by atoms with E-state index < -0.39 is 27.4 Å². The highest BCUT2D eigenvalue weighted by atomic mass is 36.0. The lowest BCUT2D eigenvalue weighted by atomic mass is 9.97. The number of aromatic nitrogens is 8. The number of carbonyl (C=O) groups excluding carboxylic acids is 3. The summed E-state index contributed by atoms with van der Waals surface area (Å²) >= 11 is 0. The molecule has 3 amide bonds. The Labute approximate surface area is 864 Å². The van der Waals surface area contributed by atoms with Crippen LogP contribution in [0.1, 0.15) is 224 Å². The standard InChI is InChI=1S/C29H32N4O.C28H27N5O.C25H20N4O2.C13H13NO.C12H9N3O2.C5H14N2.C3H9N.Cl2OS/c1-5-22-11-9-16-26(18-22)33-27(17-21(4)32-33)29(34)31-25-15-10-14-24(19-25)28(30-20(2)3)23-12-7-6-8-13-23;1-19(2)30-27(22-10-5-4-6-11-22)23-12-8-13-24(17-23)31-28(34)26-15-20(3)32-33(26)25-14-7-9-21(16-25)18-29;1-17-13-23(29(28-17)22-12-5-7-18(14-22)16-26)25(31)27-21-11-6-10-20(15-21)24(30)19-8-3-2-4-9-19;14-12-8-4-7-11(9-12)13(15)10-5-2-1-3-6-10;1-8-5-11(12(16)17)15(14-8)10-4-2-3-9(6-10)7-13;6-4-2-1-3-5-7;1-3(2)4;1-4(2)3/h6-20,28,30H,5H2,1-4H3,(H,31,34);4-17,19,27,30H,1-3H3,(H,31,34);2-15,24,30H,1H3,(H,27,31);1-9,13,15H,14H2;2-6H,1H3,(H,16,17);1-7H2;3H,4H2,1-2H3;. The van der Waals surface area contributed by atoms with Crippen LogP contribution in [-0.4, -0.2) is 114 Å². The van der Waals surface area contributed by atoms with Gasteiger partial charge in [0.25, 0.3) is 17.7 Å². The molecule has 4 aromatic heterocycles. The molecule has 4 atom stereocenters. The number of halogens is 2. The lowest BCUT2D eigenvalue weighted by Crippen LogP contribution is -2.29. The Balaban J connectivity index is 0.000000201. The maximum Gasteiger partial charge on any atom is 0.354 e. The SMILES string of the molecule is CC(C)N.CCc1cccc(-n2nc(C)cc2C(=O)Nc2cccc(C(NC(C)C)c3ccccc3)c2)c1.Cc1cc(C(=O)Nc2cccc(C(NC(C)C)c3ccccc3)c2)n(-c2cccc(C#N)c2)n1.Cc1cc(C(=O)Nc2cccc(C(O)c3ccccc3)c2)n(-c2cccc(C#N)c2)n1.Cc1cc(C(=O)O)n(-c2cccc(C#N)c2)n1.NCCCCCN.Nc1cccc(C(O)c2ccccc2)c1.O=S(Cl)Cl. The zero-order chi connectivity index (χ0) is 106. The minimum absolute atomic E-state index is 0.000420. The van der Waals surface area contributed by atoms with Gasteiger partial charge in [0.2, 0.25) is 9.23 Å². The van der Waals surface area contributed by atoms with Gasteiger partial charge in [-0.15, -0.1) is 0 Å². The number of nitrogens with zero attached hydrogens (tertiary/aromatic N) is 11. The fraction of sp³-hybridized carbons (Fsp3) is 0.209. The number of carboxylic acids is 1. The Morgan fingerprint density at radius 1 is 0.370 bits per heavy atom. The van der Waals surface area contributed by atoms with Gasteiger partial charge in [-0.05, 0) is 283 Å². The summed E-state index contributed by atoms with van der Waals surface area (Å²) in [6.07, 6.45) is 2.96. The number of carbonyl (C=O) groups is 4. The zero-order valence-electron chi connectivity index (χ0n) is 83.4. The molecule has 0 saturated heterocycles. The van der Waals surface area contributed by atoms with Crippen molar-refractivity contribution in [3.8, 4) is 41.0 Å². The highest BCUT2D eigenvalue weighted by Gasteiger charge is 2.25. The second-order valence-corrected chi connectivity index (χ2v) is 37.1. The van der Waals surface area contributed by atoms with Crippen LogP contribution in [0.3, 0.4) is 0 Å². The van der Waals surface area contributed by atoms with E-state index in [4.69, 9.17) is 42.8 Å². The fourth-order valence-electron chi connectivity index (χ4n) is 15.0. The Morgan fingerprint density at radius 2 is 0.644 bits per heavy atom. The van der Waals surface area contributed by atoms with Crippen LogP contribution in [-0.2, 0) is 15.6 Å². The average molecular weight is 2020 g/mol. The van der Waals surface area contributed by atoms with Gasteiger partial charge in [-0.25, -0.2) is 27.7 Å². The summed E-state index contributed by atoms with van der Waals surface area (Å²) < 4.78 is 15.2. The molecule has 4 unspecified atom stereocenters. The molecule has 0 saturated carbocycles. The van der Waals surface area contributed by atoms with E-state index in [0.29, 0.717) is 103 Å². The third-order valence-electron chi connectivity index (χ3n) is 21.5. The smallest absolute Gasteiger partial charge is 0.354 e. The van der Waals surface area contributed by atoms with Crippen molar-refractivity contribution in [1.29, 1.82) is 15.8 Å². The maximum absolute atomic E-state index is 13.3. The number of amides is 3. The number of nitrogens with one attached hydrogen (secondary N) is 5. The number of aliphatic hydroxyl groups excluding tert-OH is 2. The first-order valence-corrected chi connectivity index (χ1v) is 50.2. The summed E-state index contributed by atoms with van der Waals surface area (Å²) in [6.45, 7) is 23.4. The number of rotatable bonds is 28. The first kappa shape index (κ1) is 114. The molecular weight excluding hydrogens is 1890 g/mol. The molecule has 0 aliphatic heterocycles. The van der Waals surface area contributed by atoms with Crippen LogP contribution in [0.4, 0.5) is 22.7 Å². The number of anilines is 4. The summed E-state index contributed by atoms with van der Waals surface area (Å²) in [4.78, 5) is 50.6. The van der Waals surface area contributed by atoms with Crippen molar-refractivity contribution in [3.63, 3.8) is 0 Å². The first-order chi connectivity index (χ1) is 70.2. The molecule has 0 aliphatic rings. The third-order valence-corrected chi connectivity index (χ3v) is 21.5. The maximum atomic E-state index is 13.3. The summed E-state index contributed by atoms with van der Waals surface area (Å²) in [5, 5.41) is 90.8. The summed E-state index contributed by atoms with van der Waals surface area (Å²) in [5.41, 5.74) is 41.1. The van der Waals surface area contributed by atoms with Crippen molar-refractivity contribution in [3.05, 3.63) is 452 Å². The number of nitrogen functional groups attached to an aromatic ring is 1. The molecule has 0 radical (unpaired) electrons. The molecule has 16 N–H and O–H groups in total. The first-order valence-electron chi connectivity index (χ1n) is 47.4. The molecule has 0 fully saturated rings. The number of carboxylic acid groups (broad SMARTS) is 1. The minimum atomic E-state index is -1.67. The van der Waals surface area contributed by atoms with Crippen LogP contribution in [0.2, 0.25) is 0 Å². The number of nitrogens with two attached hydrogens (primary N) is 4. The molecule has 0 bridgehead atoms. The molecule has 0 aliphatic carbocycles. The van der Waals surface area contributed by atoms with Crippen molar-refractivity contribution >= 4 is 77.0 Å². The van der Waals surface area contributed by atoms with Gasteiger partial charge in [-0.2, -0.15) is 36.2 Å². The van der Waals surface area contributed by atoms with Crippen LogP contribution in [0.5, 0.6) is 0 Å². The number of aromatic carboxylic acids is 1. The summed E-state index contributed by atoms with van der Waals surface area (Å²) in [7, 11) is 7.36. The van der Waals surface area contributed by atoms with Gasteiger partial charge in [-0.3, -0.25) is 14.4 Å². The van der Waals surface area contributed by atoms with Crippen molar-refractivity contribution in [1.82, 2.24) is 49.8 Å². The quantitative estimate of drug-likeness (QED) is 0.0123. The average Bonchev–Trinajstić information content (AvgIpc) is 1.70. The zero-order valence-corrected chi connectivity index (χ0v) is 85.7. The fourth-order valence-corrected chi connectivity index (χ4v) is 15.0. The van der Waals surface area contributed by atoms with Gasteiger partial charge in [0, 0.05) is 56.2 Å². The molecule has 0 spiro atoms. The molecular formula is C115H124Cl2N20O8S. The van der Waals surface area contributed by atoms with E-state index in [1.165, 1.54) is 33.0 Å². The topological polar surface area (TPSA) is 453 Å². The summed E-state index contributed by atoms with van der Waals surface area (Å²) in [5.74, 6) is -1.84. The number of aliphatic hydroxyl groups is 2. The lowest BCUT2D eigenvalue weighted by Gasteiger charge is -2.23. The highest BCUT2D eigenvalue weighted by Crippen LogP contribution is 2.32. The molecule has 16 aromatic rings. The highest BCUT2D eigenvalue weighted by molar-refractivity contribution is 8.26. The molecule has 28 nitrogen and oxygen atoms in total. The van der Waals surface area contributed by atoms with Crippen LogP contribution in [0.25, 0.3) is 22.7 Å². The van der Waals surface area contributed by atoms with E-state index in [1.807, 2.05) is 210 Å². The van der Waals surface area contributed by atoms with Crippen molar-refractivity contribution < 1.29 is 38.7 Å². The number of benzene rings is 12. The second kappa shape index (κ2) is 58.6. The van der Waals surface area contributed by atoms with Gasteiger partial charge in [0.15, 0.2) is 5.69 Å². The van der Waals surface area contributed by atoms with Crippen LogP contribution < -0.4 is 49.5 Å². The van der Waals surface area contributed by atoms with Crippen LogP contribution >= 0.6 is 21.4 Å². The third kappa shape index (κ3) is 35.9. The Kier molecular flexibility index (Phi) is 45.6.